The Morgan fingerprint density at radius 3 is 1.20 bits per heavy atom. The van der Waals surface area contributed by atoms with E-state index in [-0.39, 0.29) is 105 Å². The van der Waals surface area contributed by atoms with Gasteiger partial charge in [-0.1, -0.05) is 171 Å². The van der Waals surface area contributed by atoms with Gasteiger partial charge in [0, 0.05) is 119 Å². The highest BCUT2D eigenvalue weighted by Crippen LogP contribution is 2.39. The van der Waals surface area contributed by atoms with E-state index in [0.29, 0.717) is 61.9 Å². The van der Waals surface area contributed by atoms with Crippen LogP contribution in [0.15, 0.2) is 151 Å². The molecule has 2 atom stereocenters. The lowest BCUT2D eigenvalue weighted by atomic mass is 9.91. The average molecular weight is 2230 g/mol. The van der Waals surface area contributed by atoms with E-state index in [9.17, 15) is 84.2 Å². The van der Waals surface area contributed by atoms with Gasteiger partial charge in [-0.2, -0.15) is 0 Å². The van der Waals surface area contributed by atoms with E-state index in [1.165, 1.54) is 38.2 Å². The van der Waals surface area contributed by atoms with E-state index >= 15 is 0 Å². The summed E-state index contributed by atoms with van der Waals surface area (Å²) in [6.45, 7) is 46.4. The van der Waals surface area contributed by atoms with E-state index < -0.39 is 100 Å². The summed E-state index contributed by atoms with van der Waals surface area (Å²) in [5, 5.41) is 7.49. The topological polar surface area (TPSA) is 517 Å². The molecular formula is C100H175N13O22S10. The molecule has 3 heterocycles. The summed E-state index contributed by atoms with van der Waals surface area (Å²) in [5.74, 6) is 2.61. The number of sulfonamides is 10. The van der Waals surface area contributed by atoms with Crippen molar-refractivity contribution >= 4 is 150 Å². The van der Waals surface area contributed by atoms with Crippen molar-refractivity contribution in [3.8, 4) is 0 Å². The molecule has 35 nitrogen and oxygen atoms in total. The zero-order valence-electron chi connectivity index (χ0n) is 90.7. The van der Waals surface area contributed by atoms with Crippen LogP contribution in [0.3, 0.4) is 0 Å². The van der Waals surface area contributed by atoms with Crippen LogP contribution >= 0.6 is 0 Å². The fourth-order valence-corrected chi connectivity index (χ4v) is 31.0. The van der Waals surface area contributed by atoms with Gasteiger partial charge in [-0.3, -0.25) is 4.98 Å². The second kappa shape index (κ2) is 64.5. The van der Waals surface area contributed by atoms with Crippen molar-refractivity contribution in [2.45, 2.75) is 375 Å². The van der Waals surface area contributed by atoms with Crippen molar-refractivity contribution < 1.29 is 93.1 Å². The number of benzene rings is 5. The van der Waals surface area contributed by atoms with Crippen molar-refractivity contribution in [3.05, 3.63) is 133 Å². The first-order chi connectivity index (χ1) is 67.0. The Labute approximate surface area is 872 Å². The van der Waals surface area contributed by atoms with E-state index in [0.717, 1.165) is 111 Å². The molecule has 0 spiro atoms. The van der Waals surface area contributed by atoms with Gasteiger partial charge in [-0.15, -0.1) is 0 Å². The third-order valence-electron chi connectivity index (χ3n) is 20.8. The van der Waals surface area contributed by atoms with Crippen LogP contribution in [0.25, 0.3) is 43.6 Å². The van der Waals surface area contributed by atoms with E-state index in [1.807, 2.05) is 185 Å². The molecular weight excluding hydrogens is 2060 g/mol. The van der Waals surface area contributed by atoms with Gasteiger partial charge in [-0.05, 0) is 262 Å². The number of pyridine rings is 1. The number of fused-ring (bicyclic) bond motifs is 4. The summed E-state index contributed by atoms with van der Waals surface area (Å²) >= 11 is 0. The number of aromatic nitrogens is 2. The summed E-state index contributed by atoms with van der Waals surface area (Å²) in [7, 11) is -28.1. The quantitative estimate of drug-likeness (QED) is 0.0159. The maximum absolute atomic E-state index is 12.4. The van der Waals surface area contributed by atoms with E-state index in [4.69, 9.17) is 8.94 Å². The van der Waals surface area contributed by atoms with Gasteiger partial charge in [-0.25, -0.2) is 131 Å². The van der Waals surface area contributed by atoms with Gasteiger partial charge in [0.1, 0.15) is 17.0 Å². The highest BCUT2D eigenvalue weighted by atomic mass is 32.2. The van der Waals surface area contributed by atoms with Gasteiger partial charge >= 0.3 is 0 Å². The van der Waals surface area contributed by atoms with Gasteiger partial charge in [0.25, 0.3) is 10.0 Å². The molecule has 832 valence electrons. The molecule has 0 aliphatic heterocycles. The predicted octanol–water partition coefficient (Wildman–Crippen LogP) is 17.2. The number of rotatable bonds is 43. The molecule has 11 rings (SSSR count). The van der Waals surface area contributed by atoms with E-state index in [2.05, 4.69) is 71.2 Å². The number of nitrogens with one attached hydrogen (secondary N) is 10. The Bertz CT molecular complexity index is 6320. The molecule has 10 N–H and O–H groups in total. The Balaban J connectivity index is 0.000000547. The average Bonchev–Trinajstić information content (AvgIpc) is 1.76. The molecule has 8 aromatic rings. The minimum atomic E-state index is -3.54. The molecule has 0 bridgehead atoms. The number of nitrogens with zero attached hydrogens (tertiary/aromatic N) is 3. The molecule has 5 aromatic carbocycles. The molecule has 45 heteroatoms. The second-order valence-electron chi connectivity index (χ2n) is 40.4. The molecule has 3 fully saturated rings. The molecule has 0 amide bonds. The third kappa shape index (κ3) is 56.6. The van der Waals surface area contributed by atoms with Crippen molar-refractivity contribution in [2.75, 3.05) is 47.8 Å². The fraction of sp³-hybridized carbons (Fsp3) is 0.660. The minimum absolute atomic E-state index is 0.00116. The van der Waals surface area contributed by atoms with Crippen molar-refractivity contribution in [3.63, 3.8) is 0 Å². The summed E-state index contributed by atoms with van der Waals surface area (Å²) in [6.07, 6.45) is 20.7. The number of furan rings is 1. The Kier molecular flexibility index (Phi) is 59.9. The third-order valence-corrected chi connectivity index (χ3v) is 38.1. The maximum atomic E-state index is 12.4. The SMILES string of the molecule is CC(C)CS(=O)(=O)NC(C)C.CC(C)NS(=O)(=O)CC1CCCC1.CC(C)NS(=O)(=O)CC1CCCCC1.CC(C)NS(=O)(=O)Cc1noc2ccccc12.CC(C)NS(=O)(=O)c1cc2ccccc2o1.CC(C)NS(=O)(=O)c1cccc2c(N(C)C)cccc12.CC(C)NS(=O)(=O)c1cccc2ncccc12.CCC1CC1S(=O)(=O)NC(C)C.CCCCCCS(=O)(=O)NC(C)C.CCCCCS(=O)(=O)NC(C)C. The molecule has 3 aromatic heterocycles. The molecule has 145 heavy (non-hydrogen) atoms. The van der Waals surface area contributed by atoms with Crippen LogP contribution in [-0.4, -0.2) is 203 Å². The number of hydrogen-bond acceptors (Lipinski definition) is 25. The summed E-state index contributed by atoms with van der Waals surface area (Å²) in [6, 6.07) is 35.1. The first-order valence-electron chi connectivity index (χ1n) is 50.5. The highest BCUT2D eigenvalue weighted by molar-refractivity contribution is 7.92. The van der Waals surface area contributed by atoms with Crippen LogP contribution in [0.5, 0.6) is 0 Å². The molecule has 3 aliphatic carbocycles. The van der Waals surface area contributed by atoms with Crippen LogP contribution < -0.4 is 52.1 Å². The van der Waals surface area contributed by atoms with Crippen molar-refractivity contribution in [2.24, 2.45) is 23.7 Å². The van der Waals surface area contributed by atoms with Crippen LogP contribution in [0.4, 0.5) is 5.69 Å². The fourth-order valence-electron chi connectivity index (χ4n) is 15.4. The maximum Gasteiger partial charge on any atom is 0.274 e. The number of anilines is 1. The van der Waals surface area contributed by atoms with Gasteiger partial charge in [0.15, 0.2) is 5.58 Å². The lowest BCUT2D eigenvalue weighted by Crippen LogP contribution is -2.35. The Morgan fingerprint density at radius 2 is 0.752 bits per heavy atom. The first kappa shape index (κ1) is 135. The monoisotopic (exact) mass is 2230 g/mol. The van der Waals surface area contributed by atoms with Crippen LogP contribution in [-0.2, 0) is 106 Å². The summed E-state index contributed by atoms with van der Waals surface area (Å²) in [5.41, 5.74) is 3.30. The largest absolute Gasteiger partial charge is 0.443 e. The molecule has 0 radical (unpaired) electrons. The van der Waals surface area contributed by atoms with Crippen LogP contribution in [0.1, 0.15) is 294 Å². The second-order valence-corrected chi connectivity index (χ2v) is 58.2. The molecule has 0 saturated heterocycles. The van der Waals surface area contributed by atoms with E-state index in [1.54, 1.807) is 114 Å². The van der Waals surface area contributed by atoms with Gasteiger partial charge in [0.2, 0.25) is 95.3 Å². The van der Waals surface area contributed by atoms with Crippen molar-refractivity contribution in [1.82, 2.24) is 57.4 Å². The first-order valence-corrected chi connectivity index (χ1v) is 66.4. The number of hydrogen-bond donors (Lipinski definition) is 10. The minimum Gasteiger partial charge on any atom is -0.443 e. The summed E-state index contributed by atoms with van der Waals surface area (Å²) in [4.78, 5) is 6.72. The Morgan fingerprint density at radius 1 is 0.366 bits per heavy atom. The van der Waals surface area contributed by atoms with Crippen LogP contribution in [0.2, 0.25) is 0 Å². The standard InChI is InChI=1S/C15H20N2O2S.C12H14N2O2S.C11H14N2O3S.C11H13NO3S.C10H21NO2S.C9H19NO2S.C9H21NO2S.C8H17NO2S.C8H19NO2S.C7H17NO2S/c1-11(2)16-20(18,19)15-10-6-7-12-13(15)8-5-9-14(12)17(3)4;1-9(2)14-17(15,16)12-7-3-6-11-10(12)5-4-8-13-11;1-8(2)13-17(14,15)7-10-9-5-3-4-6-11(9)16-12-10;1-8(2)12-16(13,14)11-7-9-5-3-4-6-10(9)15-11;1-9(2)11-14(12,13)8-10-6-4-3-5-7-10;1-8(2)10-13(11,12)7-9-5-3-4-6-9;1-4-5-6-7-8-13(11,12)10-9(2)3;1-4-7-5-8(7)12(10,11)9-6(2)3;1-4-5-6-7-12(10,11)9-8(2)3;1-6(2)5-11(9,10)8-7(3)4/h5-11,16H,1-4H3;3-9,14H,1-2H3;3-6,8,13H,7H2,1-2H3;3-8,12H,1-2H3;9-11H,3-8H2,1-2H3;8-10H,3-7H2,1-2H3;9-10H,4-8H2,1-3H3;6-9H,4-5H2,1-3H3;8-9H,4-7H2,1-3H3;6-8H,5H2,1-4H3. The Hall–Kier alpha value is -6.32. The van der Waals surface area contributed by atoms with Gasteiger partial charge in [0.05, 0.1) is 49.3 Å². The zero-order valence-corrected chi connectivity index (χ0v) is 98.8. The molecule has 3 aliphatic rings. The molecule has 3 saturated carbocycles. The van der Waals surface area contributed by atoms with Crippen molar-refractivity contribution in [1.29, 1.82) is 0 Å². The predicted molar refractivity (Wildman–Crippen MR) is 594 cm³/mol. The number of unbranched alkanes of at least 4 members (excludes halogenated alkanes) is 5. The number of para-hydroxylation sites is 2. The lowest BCUT2D eigenvalue weighted by molar-refractivity contribution is 0.383. The normalized spacial score (nSPS) is 15.2. The smallest absolute Gasteiger partial charge is 0.274 e. The lowest BCUT2D eigenvalue weighted by Gasteiger charge is -2.21. The summed E-state index contributed by atoms with van der Waals surface area (Å²) < 4.78 is 269. The molecule has 2 unspecified atom stereocenters. The van der Waals surface area contributed by atoms with Crippen LogP contribution in [0, 0.1) is 23.7 Å². The van der Waals surface area contributed by atoms with Gasteiger partial charge < -0.3 is 13.8 Å². The highest BCUT2D eigenvalue weighted by Gasteiger charge is 2.46. The zero-order chi connectivity index (χ0) is 110.